The predicted molar refractivity (Wildman–Crippen MR) is 526 cm³/mol. The minimum Gasteiger partial charge on any atom is -0.455 e. The molecule has 0 unspecified atom stereocenters. The first-order valence-corrected chi connectivity index (χ1v) is 43.4. The van der Waals surface area contributed by atoms with Gasteiger partial charge in [0, 0.05) is 177 Å². The Bertz CT molecular complexity index is 8860. The van der Waals surface area contributed by atoms with E-state index < -0.39 is 0 Å². The fraction of sp³-hybridized carbons (Fsp3) is 0.0261. The lowest BCUT2D eigenvalue weighted by molar-refractivity contribution is 0.661. The van der Waals surface area contributed by atoms with Crippen molar-refractivity contribution in [3.05, 3.63) is 399 Å². The van der Waals surface area contributed by atoms with Crippen molar-refractivity contribution < 1.29 is 4.42 Å². The third-order valence-electron chi connectivity index (χ3n) is 25.8. The standard InChI is InChI=1S/C41H26N4.C37H21N3O.C37H21N3S/c1-41(2)33-22-26(16-18-28(33)29-19-17-27(42-3)23-34(29)41)24-12-14-25(15-13-24)38-37-32-10-7-21-44-40(32)39-31(9-6-20-43-39)36(37)30-8-4-5-11-35(30)45-38;2*1-3-14-30-27(9-1)32-28-12-6-20-38-35(28)36-29(13-7-21-39-36)33(32)34(40-30)23-18-16-22(17-19-23)24-10-5-11-26-25-8-2-4-15-31(25)41-37(24)26/h4-23H,1-2H3;2*1-21H. The van der Waals surface area contributed by atoms with Crippen LogP contribution >= 0.6 is 11.3 Å². The number of rotatable bonds is 6. The molecule has 0 N–H and O–H groups in total. The first kappa shape index (κ1) is 73.0. The van der Waals surface area contributed by atoms with Gasteiger partial charge in [0.05, 0.1) is 73.3 Å². The highest BCUT2D eigenvalue weighted by Gasteiger charge is 2.36. The number of benzene rings is 15. The Morgan fingerprint density at radius 2 is 0.614 bits per heavy atom. The van der Waals surface area contributed by atoms with Gasteiger partial charge >= 0.3 is 0 Å². The van der Waals surface area contributed by atoms with E-state index in [0.717, 1.165) is 197 Å². The van der Waals surface area contributed by atoms with Crippen LogP contribution in [0.1, 0.15) is 25.0 Å². The summed E-state index contributed by atoms with van der Waals surface area (Å²) in [7, 11) is 0. The molecule has 1 aliphatic rings. The predicted octanol–water partition coefficient (Wildman–Crippen LogP) is 30.6. The number of thiophene rings is 1. The quantitative estimate of drug-likeness (QED) is 0.117. The molecule has 0 spiro atoms. The van der Waals surface area contributed by atoms with Crippen LogP contribution in [0.2, 0.25) is 0 Å². The van der Waals surface area contributed by atoms with Gasteiger partial charge in [0.2, 0.25) is 0 Å². The van der Waals surface area contributed by atoms with Crippen molar-refractivity contribution in [3.63, 3.8) is 0 Å². The normalized spacial score (nSPS) is 12.4. The SMILES string of the molecule is [C-]#[N+]c1ccc2c(c1)C(C)(C)c1cc(-c3ccc(-c4nc5ccccc5c5c6cccnc6c6ncccc6c45)cc3)ccc1-2.c1ccc2c(c1)nc(-c1ccc(-c3cccc4c3oc3ccccc34)cc1)c1c3cccnc3c3ncccc3c21.c1ccc2c(c1)nc(-c1ccc(-c3cccc4c3sc3ccccc34)cc1)c1c3cccnc3c3ncccc3c21. The summed E-state index contributed by atoms with van der Waals surface area (Å²) in [6.45, 7) is 12.0. The zero-order valence-electron chi connectivity index (χ0n) is 68.6. The Balaban J connectivity index is 0.000000104. The Labute approximate surface area is 730 Å². The second kappa shape index (κ2) is 29.0. The molecule has 11 nitrogen and oxygen atoms in total. The van der Waals surface area contributed by atoms with Crippen molar-refractivity contribution in [2.45, 2.75) is 19.3 Å². The van der Waals surface area contributed by atoms with Crippen LogP contribution < -0.4 is 0 Å². The maximum Gasteiger partial charge on any atom is 0.187 e. The Morgan fingerprint density at radius 3 is 1.08 bits per heavy atom. The number of hydrogen-bond donors (Lipinski definition) is 0. The number of hydrogen-bond acceptors (Lipinski definition) is 11. The molecule has 11 aromatic heterocycles. The lowest BCUT2D eigenvalue weighted by atomic mass is 9.81. The van der Waals surface area contributed by atoms with E-state index in [-0.39, 0.29) is 5.41 Å². The summed E-state index contributed by atoms with van der Waals surface area (Å²) in [5.41, 5.74) is 28.6. The van der Waals surface area contributed by atoms with E-state index in [1.165, 1.54) is 64.5 Å². The summed E-state index contributed by atoms with van der Waals surface area (Å²) in [5.74, 6) is 0. The molecule has 27 rings (SSSR count). The van der Waals surface area contributed by atoms with Gasteiger partial charge in [-0.05, 0) is 123 Å². The van der Waals surface area contributed by atoms with Crippen LogP contribution in [0, 0.1) is 6.57 Å². The van der Waals surface area contributed by atoms with Gasteiger partial charge in [0.15, 0.2) is 5.69 Å². The lowest BCUT2D eigenvalue weighted by Gasteiger charge is -2.22. The largest absolute Gasteiger partial charge is 0.455 e. The van der Waals surface area contributed by atoms with Crippen molar-refractivity contribution in [3.8, 4) is 78.3 Å². The molecule has 0 atom stereocenters. The smallest absolute Gasteiger partial charge is 0.187 e. The molecule has 11 heterocycles. The number of fused-ring (bicyclic) bond motifs is 33. The van der Waals surface area contributed by atoms with Crippen molar-refractivity contribution in [2.24, 2.45) is 0 Å². The first-order valence-electron chi connectivity index (χ1n) is 42.5. The Kier molecular flexibility index (Phi) is 16.7. The topological polar surface area (TPSA) is 134 Å². The van der Waals surface area contributed by atoms with Crippen LogP contribution in [-0.4, -0.2) is 44.9 Å². The summed E-state index contributed by atoms with van der Waals surface area (Å²) >= 11 is 1.86. The van der Waals surface area contributed by atoms with Crippen LogP contribution in [0.15, 0.2) is 381 Å². The maximum atomic E-state index is 7.50. The highest BCUT2D eigenvalue weighted by molar-refractivity contribution is 7.26. The number of aromatic nitrogens is 9. The highest BCUT2D eigenvalue weighted by Crippen LogP contribution is 2.53. The summed E-state index contributed by atoms with van der Waals surface area (Å²) in [6.07, 6.45) is 11.1. The monoisotopic (exact) mass is 1640 g/mol. The number of furan rings is 1. The third kappa shape index (κ3) is 11.5. The molecule has 1 aliphatic carbocycles. The van der Waals surface area contributed by atoms with Gasteiger partial charge in [0.1, 0.15) is 11.2 Å². The maximum absolute atomic E-state index is 7.50. The molecule has 0 saturated heterocycles. The second-order valence-electron chi connectivity index (χ2n) is 33.1. The lowest BCUT2D eigenvalue weighted by Crippen LogP contribution is -2.14. The number of nitrogens with zero attached hydrogens (tertiary/aromatic N) is 10. The fourth-order valence-corrected chi connectivity index (χ4v) is 21.3. The molecule has 12 heteroatoms. The van der Waals surface area contributed by atoms with Crippen LogP contribution in [0.3, 0.4) is 0 Å². The molecule has 590 valence electrons. The van der Waals surface area contributed by atoms with E-state index in [4.69, 9.17) is 55.8 Å². The molecular formula is C115H68N10OS. The van der Waals surface area contributed by atoms with Gasteiger partial charge in [-0.25, -0.2) is 19.8 Å². The average Bonchev–Trinajstić information content (AvgIpc) is 1.62. The van der Waals surface area contributed by atoms with Crippen LogP contribution in [0.5, 0.6) is 0 Å². The summed E-state index contributed by atoms with van der Waals surface area (Å²) < 4.78 is 8.97. The molecule has 0 bridgehead atoms. The van der Waals surface area contributed by atoms with E-state index >= 15 is 0 Å². The molecule has 26 aromatic rings. The van der Waals surface area contributed by atoms with Crippen LogP contribution in [0.25, 0.3) is 256 Å². The van der Waals surface area contributed by atoms with E-state index in [2.05, 4.69) is 292 Å². The van der Waals surface area contributed by atoms with Crippen LogP contribution in [0.4, 0.5) is 5.69 Å². The van der Waals surface area contributed by atoms with Crippen molar-refractivity contribution in [2.75, 3.05) is 0 Å². The molecule has 0 radical (unpaired) electrons. The van der Waals surface area contributed by atoms with Gasteiger partial charge in [-0.3, -0.25) is 29.9 Å². The average molecular weight is 1640 g/mol. The highest BCUT2D eigenvalue weighted by atomic mass is 32.1. The summed E-state index contributed by atoms with van der Waals surface area (Å²) in [6, 6.07) is 119. The van der Waals surface area contributed by atoms with Gasteiger partial charge in [-0.15, -0.1) is 11.3 Å². The van der Waals surface area contributed by atoms with E-state index in [1.54, 1.807) is 0 Å². The molecular weight excluding hydrogens is 1570 g/mol. The van der Waals surface area contributed by atoms with Crippen molar-refractivity contribution in [1.29, 1.82) is 0 Å². The molecule has 127 heavy (non-hydrogen) atoms. The summed E-state index contributed by atoms with van der Waals surface area (Å²) in [4.78, 5) is 48.1. The first-order chi connectivity index (χ1) is 62.7. The van der Waals surface area contributed by atoms with Gasteiger partial charge < -0.3 is 4.42 Å². The third-order valence-corrected chi connectivity index (χ3v) is 27.1. The minimum absolute atomic E-state index is 0.179. The van der Waals surface area contributed by atoms with E-state index in [9.17, 15) is 0 Å². The minimum atomic E-state index is -0.179. The Hall–Kier alpha value is -16.7. The zero-order valence-corrected chi connectivity index (χ0v) is 69.4. The van der Waals surface area contributed by atoms with Crippen molar-refractivity contribution >= 4 is 190 Å². The van der Waals surface area contributed by atoms with Crippen LogP contribution in [-0.2, 0) is 5.41 Å². The van der Waals surface area contributed by atoms with Gasteiger partial charge in [-0.2, -0.15) is 0 Å². The second-order valence-corrected chi connectivity index (χ2v) is 34.2. The zero-order chi connectivity index (χ0) is 84.1. The molecule has 15 aromatic carbocycles. The van der Waals surface area contributed by atoms with E-state index in [0.29, 0.717) is 5.69 Å². The molecule has 0 aliphatic heterocycles. The number of pyridine rings is 9. The molecule has 0 fully saturated rings. The number of para-hydroxylation sites is 5. The van der Waals surface area contributed by atoms with Gasteiger partial charge in [-0.1, -0.05) is 281 Å². The summed E-state index contributed by atoms with van der Waals surface area (Å²) in [5, 5.41) is 21.5. The molecule has 0 amide bonds. The Morgan fingerprint density at radius 1 is 0.268 bits per heavy atom. The van der Waals surface area contributed by atoms with Gasteiger partial charge in [0.25, 0.3) is 0 Å². The van der Waals surface area contributed by atoms with E-state index in [1.807, 2.05) is 115 Å². The fourth-order valence-electron chi connectivity index (χ4n) is 20.0. The van der Waals surface area contributed by atoms with Crippen molar-refractivity contribution in [1.82, 2.24) is 44.9 Å². The molecule has 0 saturated carbocycles.